The van der Waals surface area contributed by atoms with Gasteiger partial charge in [0.15, 0.2) is 0 Å². The summed E-state index contributed by atoms with van der Waals surface area (Å²) >= 11 is 1.55. The lowest BCUT2D eigenvalue weighted by Crippen LogP contribution is -2.48. The number of hydrogen-bond donors (Lipinski definition) is 3. The van der Waals surface area contributed by atoms with Gasteiger partial charge in [0.05, 0.1) is 34.4 Å². The lowest BCUT2D eigenvalue weighted by molar-refractivity contribution is -0.141. The van der Waals surface area contributed by atoms with Crippen molar-refractivity contribution in [3.8, 4) is 10.4 Å². The van der Waals surface area contributed by atoms with Crippen LogP contribution in [-0.2, 0) is 9.59 Å². The van der Waals surface area contributed by atoms with E-state index < -0.39 is 18.1 Å². The summed E-state index contributed by atoms with van der Waals surface area (Å²) < 4.78 is 5.26. The van der Waals surface area contributed by atoms with E-state index in [4.69, 9.17) is 10.3 Å². The highest BCUT2D eigenvalue weighted by Gasteiger charge is 2.43. The Kier molecular flexibility index (Phi) is 7.23. The molecule has 1 aliphatic rings. The zero-order chi connectivity index (χ0) is 25.3. The number of nitrogens with zero attached hydrogens (tertiary/aromatic N) is 3. The van der Waals surface area contributed by atoms with E-state index in [2.05, 4.69) is 15.5 Å². The average Bonchev–Trinajstić information content (AvgIpc) is 3.55. The van der Waals surface area contributed by atoms with Gasteiger partial charge in [0.2, 0.25) is 11.8 Å². The SMILES string of the molecule is Cc1ncsc1-c1ccc([C@H](C)NC(=O)[C@@H]2C[C@@H](O)CN2C(=O)[C@H](c2ccno2)C(C)C)c(N)c1. The lowest BCUT2D eigenvalue weighted by atomic mass is 9.91. The van der Waals surface area contributed by atoms with Crippen LogP contribution in [0.5, 0.6) is 0 Å². The van der Waals surface area contributed by atoms with E-state index >= 15 is 0 Å². The number of aliphatic hydroxyl groups excluding tert-OH is 1. The van der Waals surface area contributed by atoms with Crippen LogP contribution in [0, 0.1) is 12.8 Å². The summed E-state index contributed by atoms with van der Waals surface area (Å²) in [6, 6.07) is 6.24. The molecule has 1 aromatic carbocycles. The van der Waals surface area contributed by atoms with Crippen LogP contribution >= 0.6 is 11.3 Å². The molecule has 1 fully saturated rings. The van der Waals surface area contributed by atoms with Crippen LogP contribution in [0.15, 0.2) is 40.5 Å². The van der Waals surface area contributed by atoms with Crippen molar-refractivity contribution in [3.63, 3.8) is 0 Å². The number of nitrogens with two attached hydrogens (primary N) is 1. The molecule has 4 rings (SSSR count). The quantitative estimate of drug-likeness (QED) is 0.426. The Balaban J connectivity index is 1.50. The first kappa shape index (κ1) is 24.9. The molecule has 35 heavy (non-hydrogen) atoms. The maximum absolute atomic E-state index is 13.5. The molecule has 1 saturated heterocycles. The number of thiazole rings is 1. The van der Waals surface area contributed by atoms with E-state index in [9.17, 15) is 14.7 Å². The van der Waals surface area contributed by atoms with Crippen LogP contribution in [0.2, 0.25) is 0 Å². The molecule has 4 atom stereocenters. The first-order valence-electron chi connectivity index (χ1n) is 11.7. The van der Waals surface area contributed by atoms with Crippen molar-refractivity contribution in [2.45, 2.75) is 58.2 Å². The zero-order valence-corrected chi connectivity index (χ0v) is 21.1. The number of aromatic nitrogens is 2. The number of nitrogens with one attached hydrogen (secondary N) is 1. The standard InChI is InChI=1S/C25H31N5O4S/c1-13(2)22(21-7-8-28-34-21)25(33)30-11-17(31)10-20(30)24(32)29-14(3)18-6-5-16(9-19(18)26)23-15(4)27-12-35-23/h5-9,12-14,17,20,22,31H,10-11,26H2,1-4H3,(H,29,32)/t14-,17+,20-,22-/m0/s1. The smallest absolute Gasteiger partial charge is 0.243 e. The fraction of sp³-hybridized carbons (Fsp3) is 0.440. The lowest BCUT2D eigenvalue weighted by Gasteiger charge is -2.29. The molecule has 0 radical (unpaired) electrons. The number of aryl methyl sites for hydroxylation is 1. The number of aliphatic hydroxyl groups is 1. The predicted octanol–water partition coefficient (Wildman–Crippen LogP) is 3.27. The maximum atomic E-state index is 13.5. The Morgan fingerprint density at radius 3 is 2.66 bits per heavy atom. The number of likely N-dealkylation sites (tertiary alicyclic amines) is 1. The third-order valence-corrected chi connectivity index (χ3v) is 7.46. The fourth-order valence-corrected chi connectivity index (χ4v) is 5.49. The van der Waals surface area contributed by atoms with Crippen molar-refractivity contribution >= 4 is 28.8 Å². The van der Waals surface area contributed by atoms with Crippen molar-refractivity contribution < 1.29 is 19.2 Å². The highest BCUT2D eigenvalue weighted by atomic mass is 32.1. The summed E-state index contributed by atoms with van der Waals surface area (Å²) in [6.07, 6.45) is 0.888. The van der Waals surface area contributed by atoms with Crippen molar-refractivity contribution in [1.29, 1.82) is 0 Å². The van der Waals surface area contributed by atoms with E-state index in [0.29, 0.717) is 11.4 Å². The Bertz CT molecular complexity index is 1190. The molecule has 0 saturated carbocycles. The first-order chi connectivity index (χ1) is 16.7. The molecule has 2 amide bonds. The average molecular weight is 498 g/mol. The number of carbonyl (C=O) groups excluding carboxylic acids is 2. The van der Waals surface area contributed by atoms with Crippen molar-refractivity contribution in [2.75, 3.05) is 12.3 Å². The van der Waals surface area contributed by atoms with E-state index in [0.717, 1.165) is 21.7 Å². The number of benzene rings is 1. The molecular formula is C25H31N5O4S. The Morgan fingerprint density at radius 2 is 2.06 bits per heavy atom. The summed E-state index contributed by atoms with van der Waals surface area (Å²) in [5, 5.41) is 17.0. The second-order valence-electron chi connectivity index (χ2n) is 9.37. The Labute approximate surface area is 208 Å². The summed E-state index contributed by atoms with van der Waals surface area (Å²) in [6.45, 7) is 7.72. The molecule has 0 unspecified atom stereocenters. The molecule has 1 aliphatic heterocycles. The molecule has 2 aromatic heterocycles. The molecule has 0 bridgehead atoms. The normalized spacial score (nSPS) is 19.7. The van der Waals surface area contributed by atoms with Gasteiger partial charge in [0.1, 0.15) is 17.7 Å². The molecule has 9 nitrogen and oxygen atoms in total. The van der Waals surface area contributed by atoms with Crippen LogP contribution in [0.3, 0.4) is 0 Å². The van der Waals surface area contributed by atoms with Gasteiger partial charge in [0.25, 0.3) is 0 Å². The highest BCUT2D eigenvalue weighted by Crippen LogP contribution is 2.33. The highest BCUT2D eigenvalue weighted by molar-refractivity contribution is 7.13. The molecule has 10 heteroatoms. The van der Waals surface area contributed by atoms with E-state index in [1.807, 2.05) is 45.9 Å². The van der Waals surface area contributed by atoms with Gasteiger partial charge in [-0.25, -0.2) is 4.98 Å². The van der Waals surface area contributed by atoms with Gasteiger partial charge in [0, 0.05) is 24.7 Å². The number of amides is 2. The minimum Gasteiger partial charge on any atom is -0.398 e. The van der Waals surface area contributed by atoms with Crippen LogP contribution in [0.25, 0.3) is 10.4 Å². The van der Waals surface area contributed by atoms with E-state index in [1.165, 1.54) is 11.1 Å². The molecule has 0 spiro atoms. The van der Waals surface area contributed by atoms with Gasteiger partial charge in [-0.1, -0.05) is 31.1 Å². The maximum Gasteiger partial charge on any atom is 0.243 e. The van der Waals surface area contributed by atoms with Crippen molar-refractivity contribution in [2.24, 2.45) is 5.92 Å². The van der Waals surface area contributed by atoms with Gasteiger partial charge >= 0.3 is 0 Å². The number of nitrogen functional groups attached to an aromatic ring is 1. The third kappa shape index (κ3) is 5.08. The number of carbonyl (C=O) groups is 2. The van der Waals surface area contributed by atoms with Crippen LogP contribution in [0.1, 0.15) is 56.2 Å². The molecule has 0 aliphatic carbocycles. The number of β-amino-alcohol motifs (C(OH)–C–C–N with tert-alkyl or cyclic N) is 1. The van der Waals surface area contributed by atoms with Crippen LogP contribution in [-0.4, -0.2) is 50.7 Å². The number of hydrogen-bond acceptors (Lipinski definition) is 8. The summed E-state index contributed by atoms with van der Waals surface area (Å²) in [5.74, 6) is -0.803. The molecular weight excluding hydrogens is 466 g/mol. The second kappa shape index (κ2) is 10.2. The summed E-state index contributed by atoms with van der Waals surface area (Å²) in [7, 11) is 0. The van der Waals surface area contributed by atoms with Crippen molar-refractivity contribution in [1.82, 2.24) is 20.4 Å². The van der Waals surface area contributed by atoms with Crippen LogP contribution in [0.4, 0.5) is 5.69 Å². The predicted molar refractivity (Wildman–Crippen MR) is 133 cm³/mol. The third-order valence-electron chi connectivity index (χ3n) is 6.48. The number of anilines is 1. The molecule has 4 N–H and O–H groups in total. The van der Waals surface area contributed by atoms with Crippen molar-refractivity contribution in [3.05, 3.63) is 53.0 Å². The van der Waals surface area contributed by atoms with Crippen LogP contribution < -0.4 is 11.1 Å². The fourth-order valence-electron chi connectivity index (χ4n) is 4.68. The van der Waals surface area contributed by atoms with Gasteiger partial charge in [-0.2, -0.15) is 0 Å². The minimum atomic E-state index is -0.788. The summed E-state index contributed by atoms with van der Waals surface area (Å²) in [4.78, 5) is 33.5. The largest absolute Gasteiger partial charge is 0.398 e. The topological polar surface area (TPSA) is 135 Å². The van der Waals surface area contributed by atoms with Gasteiger partial charge in [-0.15, -0.1) is 11.3 Å². The minimum absolute atomic E-state index is 0.0728. The molecule has 186 valence electrons. The Morgan fingerprint density at radius 1 is 1.29 bits per heavy atom. The monoisotopic (exact) mass is 497 g/mol. The zero-order valence-electron chi connectivity index (χ0n) is 20.3. The van der Waals surface area contributed by atoms with E-state index in [1.54, 1.807) is 22.9 Å². The number of rotatable bonds is 7. The van der Waals surface area contributed by atoms with Gasteiger partial charge in [-0.05, 0) is 37.0 Å². The molecule has 3 heterocycles. The second-order valence-corrected chi connectivity index (χ2v) is 10.2. The Hall–Kier alpha value is -3.24. The van der Waals surface area contributed by atoms with Gasteiger partial charge < -0.3 is 25.6 Å². The molecule has 3 aromatic rings. The van der Waals surface area contributed by atoms with E-state index in [-0.39, 0.29) is 36.7 Å². The van der Waals surface area contributed by atoms with Gasteiger partial charge in [-0.3, -0.25) is 9.59 Å². The summed E-state index contributed by atoms with van der Waals surface area (Å²) in [5.41, 5.74) is 11.4. The first-order valence-corrected chi connectivity index (χ1v) is 12.5.